The highest BCUT2D eigenvalue weighted by atomic mass is 16.3. The topological polar surface area (TPSA) is 46.2 Å². The Bertz CT molecular complexity index is 548. The molecule has 2 unspecified atom stereocenters. The van der Waals surface area contributed by atoms with Gasteiger partial charge in [0.25, 0.3) is 0 Å². The van der Waals surface area contributed by atoms with Crippen molar-refractivity contribution >= 4 is 0 Å². The van der Waals surface area contributed by atoms with Crippen molar-refractivity contribution in [3.05, 3.63) is 42.4 Å². The van der Waals surface area contributed by atoms with Gasteiger partial charge in [0.1, 0.15) is 17.6 Å². The van der Waals surface area contributed by atoms with Crippen LogP contribution in [0, 0.1) is 0 Å². The van der Waals surface area contributed by atoms with E-state index in [4.69, 9.17) is 4.42 Å². The maximum atomic E-state index is 5.61. The molecule has 0 saturated carbocycles. The monoisotopic (exact) mass is 288 g/mol. The fourth-order valence-electron chi connectivity index (χ4n) is 3.23. The molecule has 0 aliphatic carbocycles. The van der Waals surface area contributed by atoms with Gasteiger partial charge < -0.3 is 8.98 Å². The number of likely N-dealkylation sites (tertiary alicyclic amines) is 1. The largest absolute Gasteiger partial charge is 0.467 e. The standard InChI is InChI=1S/C16H24N4O/c1-3-20-9-4-6-13(20)12-18-15(14-7-5-11-21-14)16-17-8-10-19(16)2/h5,7-8,10-11,13,15,18H,3-4,6,9,12H2,1-2H3. The highest BCUT2D eigenvalue weighted by molar-refractivity contribution is 5.15. The fourth-order valence-corrected chi connectivity index (χ4v) is 3.23. The SMILES string of the molecule is CCN1CCCC1CNC(c1ccco1)c1nccn1C. The van der Waals surface area contributed by atoms with Gasteiger partial charge in [-0.2, -0.15) is 0 Å². The Labute approximate surface area is 126 Å². The second kappa shape index (κ2) is 6.45. The third-order valence-corrected chi connectivity index (χ3v) is 4.41. The molecule has 1 fully saturated rings. The Kier molecular flexibility index (Phi) is 4.41. The van der Waals surface area contributed by atoms with Crippen LogP contribution in [0.2, 0.25) is 0 Å². The first-order valence-electron chi connectivity index (χ1n) is 7.77. The summed E-state index contributed by atoms with van der Waals surface area (Å²) in [5, 5.41) is 3.65. The molecule has 1 saturated heterocycles. The summed E-state index contributed by atoms with van der Waals surface area (Å²) in [5.74, 6) is 1.91. The van der Waals surface area contributed by atoms with Crippen molar-refractivity contribution in [3.63, 3.8) is 0 Å². The second-order valence-corrected chi connectivity index (χ2v) is 5.68. The number of likely N-dealkylation sites (N-methyl/N-ethyl adjacent to an activating group) is 1. The van der Waals surface area contributed by atoms with Crippen molar-refractivity contribution in [2.45, 2.75) is 31.8 Å². The quantitative estimate of drug-likeness (QED) is 0.885. The molecule has 3 rings (SSSR count). The zero-order valence-corrected chi connectivity index (χ0v) is 12.8. The van der Waals surface area contributed by atoms with Crippen LogP contribution in [0.4, 0.5) is 0 Å². The van der Waals surface area contributed by atoms with Crippen molar-refractivity contribution in [1.29, 1.82) is 0 Å². The minimum Gasteiger partial charge on any atom is -0.467 e. The van der Waals surface area contributed by atoms with E-state index in [1.54, 1.807) is 6.26 Å². The fraction of sp³-hybridized carbons (Fsp3) is 0.562. The molecule has 1 aliphatic rings. The van der Waals surface area contributed by atoms with Gasteiger partial charge in [-0.05, 0) is 38.1 Å². The maximum Gasteiger partial charge on any atom is 0.133 e. The minimum atomic E-state index is 0.0132. The highest BCUT2D eigenvalue weighted by Crippen LogP contribution is 2.22. The van der Waals surface area contributed by atoms with Gasteiger partial charge in [0.05, 0.1) is 6.26 Å². The van der Waals surface area contributed by atoms with Crippen molar-refractivity contribution in [3.8, 4) is 0 Å². The average molecular weight is 288 g/mol. The van der Waals surface area contributed by atoms with Crippen LogP contribution in [0.5, 0.6) is 0 Å². The van der Waals surface area contributed by atoms with Gasteiger partial charge in [0.2, 0.25) is 0 Å². The van der Waals surface area contributed by atoms with Crippen molar-refractivity contribution in [2.24, 2.45) is 7.05 Å². The van der Waals surface area contributed by atoms with Gasteiger partial charge in [-0.15, -0.1) is 0 Å². The smallest absolute Gasteiger partial charge is 0.133 e. The van der Waals surface area contributed by atoms with Gasteiger partial charge in [-0.1, -0.05) is 6.92 Å². The number of aromatic nitrogens is 2. The molecular formula is C16H24N4O. The zero-order valence-electron chi connectivity index (χ0n) is 12.8. The van der Waals surface area contributed by atoms with Gasteiger partial charge in [-0.25, -0.2) is 4.98 Å². The number of rotatable bonds is 6. The molecule has 0 bridgehead atoms. The number of nitrogens with zero attached hydrogens (tertiary/aromatic N) is 3. The molecule has 1 N–H and O–H groups in total. The number of furan rings is 1. The van der Waals surface area contributed by atoms with E-state index in [9.17, 15) is 0 Å². The Morgan fingerprint density at radius 1 is 1.52 bits per heavy atom. The number of imidazole rings is 1. The normalized spacial score (nSPS) is 21.0. The Morgan fingerprint density at radius 2 is 2.43 bits per heavy atom. The zero-order chi connectivity index (χ0) is 14.7. The number of aryl methyl sites for hydroxylation is 1. The van der Waals surface area contributed by atoms with Crippen LogP contribution >= 0.6 is 0 Å². The molecule has 2 aromatic rings. The summed E-state index contributed by atoms with van der Waals surface area (Å²) in [4.78, 5) is 7.03. The first-order valence-corrected chi connectivity index (χ1v) is 7.77. The van der Waals surface area contributed by atoms with Crippen LogP contribution < -0.4 is 5.32 Å². The lowest BCUT2D eigenvalue weighted by Crippen LogP contribution is -2.39. The summed E-state index contributed by atoms with van der Waals surface area (Å²) in [5.41, 5.74) is 0. The van der Waals surface area contributed by atoms with E-state index in [0.717, 1.165) is 24.7 Å². The van der Waals surface area contributed by atoms with Crippen LogP contribution in [-0.2, 0) is 7.05 Å². The van der Waals surface area contributed by atoms with Crippen LogP contribution in [0.15, 0.2) is 35.2 Å². The maximum absolute atomic E-state index is 5.61. The lowest BCUT2D eigenvalue weighted by atomic mass is 10.1. The van der Waals surface area contributed by atoms with Gasteiger partial charge in [-0.3, -0.25) is 10.2 Å². The lowest BCUT2D eigenvalue weighted by Gasteiger charge is -2.25. The molecule has 2 aromatic heterocycles. The van der Waals surface area contributed by atoms with Gasteiger partial charge in [0, 0.05) is 32.0 Å². The Hall–Kier alpha value is -1.59. The summed E-state index contributed by atoms with van der Waals surface area (Å²) in [7, 11) is 2.02. The predicted molar refractivity (Wildman–Crippen MR) is 82.0 cm³/mol. The van der Waals surface area contributed by atoms with Crippen LogP contribution in [0.25, 0.3) is 0 Å². The molecular weight excluding hydrogens is 264 g/mol. The van der Waals surface area contributed by atoms with E-state index in [-0.39, 0.29) is 6.04 Å². The van der Waals surface area contributed by atoms with Crippen molar-refractivity contribution < 1.29 is 4.42 Å². The number of hydrogen-bond donors (Lipinski definition) is 1. The van der Waals surface area contributed by atoms with Crippen LogP contribution in [0.3, 0.4) is 0 Å². The summed E-state index contributed by atoms with van der Waals surface area (Å²) >= 11 is 0. The van der Waals surface area contributed by atoms with Crippen molar-refractivity contribution in [1.82, 2.24) is 19.8 Å². The second-order valence-electron chi connectivity index (χ2n) is 5.68. The third kappa shape index (κ3) is 3.04. The molecule has 5 nitrogen and oxygen atoms in total. The van der Waals surface area contributed by atoms with E-state index in [1.165, 1.54) is 19.4 Å². The molecule has 1 aliphatic heterocycles. The predicted octanol–water partition coefficient (Wildman–Crippen LogP) is 2.18. The summed E-state index contributed by atoms with van der Waals surface area (Å²) < 4.78 is 7.66. The molecule has 0 aromatic carbocycles. The molecule has 114 valence electrons. The average Bonchev–Trinajstić information content (AvgIpc) is 3.21. The van der Waals surface area contributed by atoms with Gasteiger partial charge in [0.15, 0.2) is 0 Å². The van der Waals surface area contributed by atoms with E-state index in [2.05, 4.69) is 22.1 Å². The molecule has 5 heteroatoms. The highest BCUT2D eigenvalue weighted by Gasteiger charge is 2.26. The third-order valence-electron chi connectivity index (χ3n) is 4.41. The Morgan fingerprint density at radius 3 is 3.10 bits per heavy atom. The molecule has 21 heavy (non-hydrogen) atoms. The lowest BCUT2D eigenvalue weighted by molar-refractivity contribution is 0.252. The molecule has 0 radical (unpaired) electrons. The first-order chi connectivity index (χ1) is 10.3. The van der Waals surface area contributed by atoms with Crippen LogP contribution in [-0.4, -0.2) is 40.1 Å². The van der Waals surface area contributed by atoms with E-state index in [0.29, 0.717) is 6.04 Å². The van der Waals surface area contributed by atoms with E-state index < -0.39 is 0 Å². The van der Waals surface area contributed by atoms with E-state index in [1.807, 2.05) is 36.1 Å². The number of hydrogen-bond acceptors (Lipinski definition) is 4. The first kappa shape index (κ1) is 14.4. The van der Waals surface area contributed by atoms with E-state index >= 15 is 0 Å². The van der Waals surface area contributed by atoms with Crippen LogP contribution in [0.1, 0.15) is 37.4 Å². The molecule has 3 heterocycles. The summed E-state index contributed by atoms with van der Waals surface area (Å²) in [6, 6.07) is 4.58. The van der Waals surface area contributed by atoms with Crippen molar-refractivity contribution in [2.75, 3.05) is 19.6 Å². The summed E-state index contributed by atoms with van der Waals surface area (Å²) in [6.07, 6.45) is 8.10. The molecule has 2 atom stereocenters. The molecule has 0 spiro atoms. The van der Waals surface area contributed by atoms with Gasteiger partial charge >= 0.3 is 0 Å². The molecule has 0 amide bonds. The minimum absolute atomic E-state index is 0.0132. The number of nitrogens with one attached hydrogen (secondary N) is 1. The summed E-state index contributed by atoms with van der Waals surface area (Å²) in [6.45, 7) is 5.55. The Balaban J connectivity index is 1.73.